The highest BCUT2D eigenvalue weighted by Crippen LogP contribution is 2.36. The van der Waals surface area contributed by atoms with Gasteiger partial charge in [-0.05, 0) is 24.6 Å². The van der Waals surface area contributed by atoms with Crippen LogP contribution in [-0.4, -0.2) is 17.0 Å². The molecule has 1 amide bonds. The summed E-state index contributed by atoms with van der Waals surface area (Å²) < 4.78 is 0. The third kappa shape index (κ3) is 3.21. The molecule has 0 aliphatic rings. The Labute approximate surface area is 143 Å². The molecule has 2 N–H and O–H groups in total. The van der Waals surface area contributed by atoms with Crippen molar-refractivity contribution in [1.29, 1.82) is 0 Å². The Morgan fingerprint density at radius 3 is 2.46 bits per heavy atom. The Bertz CT molecular complexity index is 900. The SMILES string of the molecule is Cc1cccc(C(=O)Nc2csc(-c3ccccc3)c2C(=O)O)c1. The van der Waals surface area contributed by atoms with E-state index in [2.05, 4.69) is 5.32 Å². The molecule has 0 spiro atoms. The van der Waals surface area contributed by atoms with Gasteiger partial charge in [0, 0.05) is 10.9 Å². The Kier molecular flexibility index (Phi) is 4.44. The average molecular weight is 337 g/mol. The molecule has 0 fully saturated rings. The number of benzene rings is 2. The second kappa shape index (κ2) is 6.68. The Morgan fingerprint density at radius 1 is 1.04 bits per heavy atom. The fraction of sp³-hybridized carbons (Fsp3) is 0.0526. The molecule has 1 aromatic heterocycles. The lowest BCUT2D eigenvalue weighted by atomic mass is 10.1. The van der Waals surface area contributed by atoms with Crippen molar-refractivity contribution in [2.24, 2.45) is 0 Å². The number of carboxylic acid groups (broad SMARTS) is 1. The van der Waals surface area contributed by atoms with Crippen LogP contribution in [0, 0.1) is 6.92 Å². The van der Waals surface area contributed by atoms with E-state index < -0.39 is 5.97 Å². The monoisotopic (exact) mass is 337 g/mol. The minimum absolute atomic E-state index is 0.118. The molecule has 2 aromatic carbocycles. The number of carboxylic acids is 1. The van der Waals surface area contributed by atoms with E-state index in [-0.39, 0.29) is 11.5 Å². The van der Waals surface area contributed by atoms with Crippen LogP contribution in [0.25, 0.3) is 10.4 Å². The Morgan fingerprint density at radius 2 is 1.79 bits per heavy atom. The van der Waals surface area contributed by atoms with Gasteiger partial charge in [0.1, 0.15) is 5.56 Å². The number of aryl methyl sites for hydroxylation is 1. The van der Waals surface area contributed by atoms with Gasteiger partial charge in [-0.2, -0.15) is 0 Å². The molecule has 0 aliphatic carbocycles. The highest BCUT2D eigenvalue weighted by molar-refractivity contribution is 7.14. The van der Waals surface area contributed by atoms with Crippen LogP contribution in [0.15, 0.2) is 60.0 Å². The van der Waals surface area contributed by atoms with E-state index in [1.807, 2.05) is 43.3 Å². The van der Waals surface area contributed by atoms with Crippen LogP contribution in [0.4, 0.5) is 5.69 Å². The van der Waals surface area contributed by atoms with Gasteiger partial charge in [0.2, 0.25) is 0 Å². The molecular weight excluding hydrogens is 322 g/mol. The maximum absolute atomic E-state index is 12.4. The predicted octanol–water partition coefficient (Wildman–Crippen LogP) is 4.67. The quantitative estimate of drug-likeness (QED) is 0.727. The van der Waals surface area contributed by atoms with E-state index in [9.17, 15) is 14.7 Å². The first-order chi connectivity index (χ1) is 11.6. The molecule has 3 rings (SSSR count). The number of carbonyl (C=O) groups excluding carboxylic acids is 1. The Balaban J connectivity index is 1.96. The van der Waals surface area contributed by atoms with E-state index in [4.69, 9.17) is 0 Å². The van der Waals surface area contributed by atoms with Crippen LogP contribution in [-0.2, 0) is 0 Å². The van der Waals surface area contributed by atoms with E-state index in [0.717, 1.165) is 11.1 Å². The fourth-order valence-corrected chi connectivity index (χ4v) is 3.44. The third-order valence-electron chi connectivity index (χ3n) is 3.57. The number of hydrogen-bond acceptors (Lipinski definition) is 3. The van der Waals surface area contributed by atoms with Gasteiger partial charge in [0.15, 0.2) is 0 Å². The first-order valence-corrected chi connectivity index (χ1v) is 8.22. The molecular formula is C19H15NO3S. The largest absolute Gasteiger partial charge is 0.478 e. The number of hydrogen-bond donors (Lipinski definition) is 2. The first kappa shape index (κ1) is 16.0. The number of nitrogens with one attached hydrogen (secondary N) is 1. The summed E-state index contributed by atoms with van der Waals surface area (Å²) in [6.45, 7) is 1.90. The molecule has 0 saturated heterocycles. The summed E-state index contributed by atoms with van der Waals surface area (Å²) in [6, 6.07) is 16.4. The van der Waals surface area contributed by atoms with Gasteiger partial charge in [-0.25, -0.2) is 4.79 Å². The molecule has 4 nitrogen and oxygen atoms in total. The molecule has 0 bridgehead atoms. The van der Waals surface area contributed by atoms with Crippen LogP contribution in [0.3, 0.4) is 0 Å². The van der Waals surface area contributed by atoms with Gasteiger partial charge in [-0.15, -0.1) is 11.3 Å². The van der Waals surface area contributed by atoms with Crippen molar-refractivity contribution in [2.75, 3.05) is 5.32 Å². The number of amides is 1. The second-order valence-electron chi connectivity index (χ2n) is 5.35. The highest BCUT2D eigenvalue weighted by atomic mass is 32.1. The minimum atomic E-state index is -1.06. The van der Waals surface area contributed by atoms with Gasteiger partial charge in [-0.1, -0.05) is 48.0 Å². The lowest BCUT2D eigenvalue weighted by Gasteiger charge is -2.07. The second-order valence-corrected chi connectivity index (χ2v) is 6.23. The molecule has 0 atom stereocenters. The van der Waals surface area contributed by atoms with Crippen LogP contribution in [0.2, 0.25) is 0 Å². The molecule has 120 valence electrons. The van der Waals surface area contributed by atoms with Gasteiger partial charge in [0.05, 0.1) is 10.6 Å². The predicted molar refractivity (Wildman–Crippen MR) is 95.8 cm³/mol. The van der Waals surface area contributed by atoms with Crippen molar-refractivity contribution in [3.05, 3.63) is 76.7 Å². The fourth-order valence-electron chi connectivity index (χ4n) is 2.44. The third-order valence-corrected chi connectivity index (χ3v) is 4.60. The normalized spacial score (nSPS) is 10.4. The topological polar surface area (TPSA) is 66.4 Å². The maximum atomic E-state index is 12.4. The first-order valence-electron chi connectivity index (χ1n) is 7.34. The summed E-state index contributed by atoms with van der Waals surface area (Å²) >= 11 is 1.30. The van der Waals surface area contributed by atoms with E-state index in [1.165, 1.54) is 11.3 Å². The van der Waals surface area contributed by atoms with E-state index >= 15 is 0 Å². The minimum Gasteiger partial charge on any atom is -0.478 e. The highest BCUT2D eigenvalue weighted by Gasteiger charge is 2.21. The molecule has 24 heavy (non-hydrogen) atoms. The van der Waals surface area contributed by atoms with Crippen LogP contribution < -0.4 is 5.32 Å². The van der Waals surface area contributed by atoms with Crippen molar-refractivity contribution in [3.63, 3.8) is 0 Å². The summed E-state index contributed by atoms with van der Waals surface area (Å²) in [7, 11) is 0. The summed E-state index contributed by atoms with van der Waals surface area (Å²) in [5.74, 6) is -1.38. The summed E-state index contributed by atoms with van der Waals surface area (Å²) in [4.78, 5) is 24.7. The lowest BCUT2D eigenvalue weighted by molar-refractivity contribution is 0.0699. The zero-order valence-corrected chi connectivity index (χ0v) is 13.8. The number of carbonyl (C=O) groups is 2. The summed E-state index contributed by atoms with van der Waals surface area (Å²) in [5, 5.41) is 14.0. The van der Waals surface area contributed by atoms with Crippen molar-refractivity contribution in [1.82, 2.24) is 0 Å². The van der Waals surface area contributed by atoms with Crippen molar-refractivity contribution >= 4 is 28.9 Å². The molecule has 0 radical (unpaired) electrons. The molecule has 1 heterocycles. The number of thiophene rings is 1. The number of rotatable bonds is 4. The Hall–Kier alpha value is -2.92. The smallest absolute Gasteiger partial charge is 0.339 e. The van der Waals surface area contributed by atoms with Gasteiger partial charge < -0.3 is 10.4 Å². The molecule has 3 aromatic rings. The summed E-state index contributed by atoms with van der Waals surface area (Å²) in [6.07, 6.45) is 0. The van der Waals surface area contributed by atoms with Crippen molar-refractivity contribution in [2.45, 2.75) is 6.92 Å². The van der Waals surface area contributed by atoms with Crippen molar-refractivity contribution in [3.8, 4) is 10.4 Å². The van der Waals surface area contributed by atoms with Crippen LogP contribution in [0.5, 0.6) is 0 Å². The van der Waals surface area contributed by atoms with Gasteiger partial charge in [-0.3, -0.25) is 4.79 Å². The van der Waals surface area contributed by atoms with Gasteiger partial charge in [0.25, 0.3) is 5.91 Å². The van der Waals surface area contributed by atoms with Gasteiger partial charge >= 0.3 is 5.97 Å². The average Bonchev–Trinajstić information content (AvgIpc) is 2.99. The molecule has 0 unspecified atom stereocenters. The number of aromatic carboxylic acids is 1. The standard InChI is InChI=1S/C19H15NO3S/c1-12-6-5-9-14(10-12)18(21)20-15-11-24-17(16(15)19(22)23)13-7-3-2-4-8-13/h2-11H,1H3,(H,20,21)(H,22,23). The van der Waals surface area contributed by atoms with Crippen molar-refractivity contribution < 1.29 is 14.7 Å². The van der Waals surface area contributed by atoms with E-state index in [0.29, 0.717) is 16.1 Å². The molecule has 5 heteroatoms. The maximum Gasteiger partial charge on any atom is 0.339 e. The molecule has 0 saturated carbocycles. The van der Waals surface area contributed by atoms with Crippen LogP contribution in [0.1, 0.15) is 26.3 Å². The lowest BCUT2D eigenvalue weighted by Crippen LogP contribution is -2.14. The number of anilines is 1. The van der Waals surface area contributed by atoms with E-state index in [1.54, 1.807) is 23.6 Å². The molecule has 0 aliphatic heterocycles. The summed E-state index contributed by atoms with van der Waals surface area (Å²) in [5.41, 5.74) is 2.72. The zero-order chi connectivity index (χ0) is 17.1. The zero-order valence-electron chi connectivity index (χ0n) is 12.9. The van der Waals surface area contributed by atoms with Crippen LogP contribution >= 0.6 is 11.3 Å².